The quantitative estimate of drug-likeness (QED) is 0.721. The number of hydrogen-bond donors (Lipinski definition) is 2. The van der Waals surface area contributed by atoms with Crippen molar-refractivity contribution in [3.8, 4) is 11.3 Å². The number of carbonyl (C=O) groups excluding carboxylic acids is 1. The molecule has 0 atom stereocenters. The van der Waals surface area contributed by atoms with Crippen LogP contribution in [0.2, 0.25) is 0 Å². The molecule has 0 spiro atoms. The van der Waals surface area contributed by atoms with Crippen molar-refractivity contribution in [2.45, 2.75) is 13.1 Å². The summed E-state index contributed by atoms with van der Waals surface area (Å²) in [6.07, 6.45) is 1.89. The van der Waals surface area contributed by atoms with E-state index in [0.29, 0.717) is 19.6 Å². The van der Waals surface area contributed by atoms with E-state index >= 15 is 0 Å². The zero-order chi connectivity index (χ0) is 16.8. The number of urea groups is 1. The number of rotatable bonds is 6. The lowest BCUT2D eigenvalue weighted by atomic mass is 10.2. The van der Waals surface area contributed by atoms with Crippen molar-refractivity contribution in [1.29, 1.82) is 0 Å². The lowest BCUT2D eigenvalue weighted by Gasteiger charge is -2.08. The van der Waals surface area contributed by atoms with Crippen molar-refractivity contribution < 1.29 is 9.18 Å². The van der Waals surface area contributed by atoms with Gasteiger partial charge in [-0.3, -0.25) is 4.68 Å². The van der Waals surface area contributed by atoms with Gasteiger partial charge in [0.2, 0.25) is 0 Å². The van der Waals surface area contributed by atoms with E-state index in [0.717, 1.165) is 16.8 Å². The molecule has 0 aliphatic heterocycles. The fourth-order valence-corrected chi connectivity index (χ4v) is 2.83. The van der Waals surface area contributed by atoms with Gasteiger partial charge in [-0.2, -0.15) is 16.4 Å². The molecule has 24 heavy (non-hydrogen) atoms. The maximum absolute atomic E-state index is 12.8. The molecule has 1 aromatic carbocycles. The van der Waals surface area contributed by atoms with E-state index in [1.165, 1.54) is 12.1 Å². The Bertz CT molecular complexity index is 783. The Morgan fingerprint density at radius 3 is 2.75 bits per heavy atom. The first-order valence-corrected chi connectivity index (χ1v) is 8.47. The van der Waals surface area contributed by atoms with Gasteiger partial charge < -0.3 is 10.6 Å². The van der Waals surface area contributed by atoms with Crippen LogP contribution in [0.25, 0.3) is 11.3 Å². The first-order valence-electron chi connectivity index (χ1n) is 7.53. The van der Waals surface area contributed by atoms with Gasteiger partial charge >= 0.3 is 6.03 Å². The zero-order valence-corrected chi connectivity index (χ0v) is 13.7. The van der Waals surface area contributed by atoms with E-state index in [9.17, 15) is 9.18 Å². The summed E-state index contributed by atoms with van der Waals surface area (Å²) in [4.78, 5) is 11.7. The van der Waals surface area contributed by atoms with Crippen molar-refractivity contribution >= 4 is 17.4 Å². The normalized spacial score (nSPS) is 10.5. The Labute approximate surface area is 143 Å². The van der Waals surface area contributed by atoms with Crippen molar-refractivity contribution in [3.05, 3.63) is 64.7 Å². The highest BCUT2D eigenvalue weighted by Crippen LogP contribution is 2.19. The summed E-state index contributed by atoms with van der Waals surface area (Å²) in [5.74, 6) is -0.288. The zero-order valence-electron chi connectivity index (χ0n) is 12.9. The van der Waals surface area contributed by atoms with Crippen LogP contribution >= 0.6 is 11.3 Å². The van der Waals surface area contributed by atoms with Gasteiger partial charge in [-0.25, -0.2) is 9.18 Å². The fraction of sp³-hybridized carbons (Fsp3) is 0.176. The van der Waals surface area contributed by atoms with E-state index in [1.807, 2.05) is 29.1 Å². The topological polar surface area (TPSA) is 59.0 Å². The molecule has 0 saturated heterocycles. The Morgan fingerprint density at radius 1 is 1.17 bits per heavy atom. The molecule has 2 heterocycles. The number of thiophene rings is 1. The van der Waals surface area contributed by atoms with Gasteiger partial charge in [0.1, 0.15) is 5.82 Å². The molecule has 2 amide bonds. The first kappa shape index (κ1) is 16.2. The first-order chi connectivity index (χ1) is 11.7. The standard InChI is InChI=1S/C17H17FN4OS/c18-15-3-1-13(2-4-15)11-20-17(23)19-7-9-22-8-5-16(21-22)14-6-10-24-12-14/h1-6,8,10,12H,7,9,11H2,(H2,19,20,23). The van der Waals surface area contributed by atoms with Crippen LogP contribution in [0, 0.1) is 5.82 Å². The number of amides is 2. The second-order valence-electron chi connectivity index (χ2n) is 5.21. The van der Waals surface area contributed by atoms with Crippen LogP contribution in [0.4, 0.5) is 9.18 Å². The molecule has 3 rings (SSSR count). The highest BCUT2D eigenvalue weighted by molar-refractivity contribution is 7.08. The summed E-state index contributed by atoms with van der Waals surface area (Å²) < 4.78 is 14.6. The minimum absolute atomic E-state index is 0.260. The maximum atomic E-state index is 12.8. The summed E-state index contributed by atoms with van der Waals surface area (Å²) >= 11 is 1.63. The van der Waals surface area contributed by atoms with Crippen LogP contribution in [0.5, 0.6) is 0 Å². The third-order valence-electron chi connectivity index (χ3n) is 3.45. The maximum Gasteiger partial charge on any atom is 0.315 e. The summed E-state index contributed by atoms with van der Waals surface area (Å²) in [6, 6.07) is 9.76. The molecule has 0 saturated carbocycles. The van der Waals surface area contributed by atoms with Crippen molar-refractivity contribution in [2.24, 2.45) is 0 Å². The van der Waals surface area contributed by atoms with Gasteiger partial charge in [0, 0.05) is 30.2 Å². The van der Waals surface area contributed by atoms with Crippen molar-refractivity contribution in [3.63, 3.8) is 0 Å². The Kier molecular flexibility index (Phi) is 5.22. The van der Waals surface area contributed by atoms with E-state index in [2.05, 4.69) is 15.7 Å². The third kappa shape index (κ3) is 4.42. The molecular weight excluding hydrogens is 327 g/mol. The molecule has 0 fully saturated rings. The molecule has 0 unspecified atom stereocenters. The number of hydrogen-bond acceptors (Lipinski definition) is 3. The molecule has 5 nitrogen and oxygen atoms in total. The van der Waals surface area contributed by atoms with Gasteiger partial charge in [-0.15, -0.1) is 0 Å². The molecule has 0 aliphatic carbocycles. The van der Waals surface area contributed by atoms with Gasteiger partial charge in [-0.05, 0) is 35.2 Å². The monoisotopic (exact) mass is 344 g/mol. The van der Waals surface area contributed by atoms with Crippen LogP contribution in [-0.2, 0) is 13.1 Å². The molecule has 124 valence electrons. The molecular formula is C17H17FN4OS. The summed E-state index contributed by atoms with van der Waals surface area (Å²) in [5.41, 5.74) is 2.87. The molecule has 0 aliphatic rings. The SMILES string of the molecule is O=C(NCCn1ccc(-c2ccsc2)n1)NCc1ccc(F)cc1. The van der Waals surface area contributed by atoms with Crippen LogP contribution in [0.3, 0.4) is 0 Å². The Morgan fingerprint density at radius 2 is 2.00 bits per heavy atom. The average molecular weight is 344 g/mol. The Balaban J connectivity index is 1.40. The van der Waals surface area contributed by atoms with Crippen molar-refractivity contribution in [2.75, 3.05) is 6.54 Å². The smallest absolute Gasteiger partial charge is 0.315 e. The molecule has 0 radical (unpaired) electrons. The van der Waals surface area contributed by atoms with Gasteiger partial charge in [0.25, 0.3) is 0 Å². The fourth-order valence-electron chi connectivity index (χ4n) is 2.18. The van der Waals surface area contributed by atoms with Gasteiger partial charge in [0.15, 0.2) is 0 Å². The number of carbonyl (C=O) groups is 1. The highest BCUT2D eigenvalue weighted by atomic mass is 32.1. The van der Waals surface area contributed by atoms with Gasteiger partial charge in [0.05, 0.1) is 12.2 Å². The number of aromatic nitrogens is 2. The van der Waals surface area contributed by atoms with E-state index in [1.54, 1.807) is 28.2 Å². The molecule has 2 N–H and O–H groups in total. The predicted octanol–water partition coefficient (Wildman–Crippen LogP) is 3.25. The van der Waals surface area contributed by atoms with Crippen LogP contribution in [0.1, 0.15) is 5.56 Å². The average Bonchev–Trinajstić information content (AvgIpc) is 3.25. The molecule has 3 aromatic rings. The van der Waals surface area contributed by atoms with Crippen LogP contribution in [0.15, 0.2) is 53.4 Å². The lowest BCUT2D eigenvalue weighted by molar-refractivity contribution is 0.240. The Hall–Kier alpha value is -2.67. The number of halogens is 1. The lowest BCUT2D eigenvalue weighted by Crippen LogP contribution is -2.36. The predicted molar refractivity (Wildman–Crippen MR) is 92.2 cm³/mol. The second kappa shape index (κ2) is 7.74. The third-order valence-corrected chi connectivity index (χ3v) is 4.13. The second-order valence-corrected chi connectivity index (χ2v) is 5.99. The van der Waals surface area contributed by atoms with Crippen molar-refractivity contribution in [1.82, 2.24) is 20.4 Å². The number of benzene rings is 1. The minimum atomic E-state index is -0.288. The molecule has 2 aromatic heterocycles. The summed E-state index contributed by atoms with van der Waals surface area (Å²) in [7, 11) is 0. The molecule has 0 bridgehead atoms. The van der Waals surface area contributed by atoms with E-state index in [-0.39, 0.29) is 11.8 Å². The van der Waals surface area contributed by atoms with Crippen LogP contribution < -0.4 is 10.6 Å². The minimum Gasteiger partial charge on any atom is -0.336 e. The summed E-state index contributed by atoms with van der Waals surface area (Å²) in [5, 5.41) is 14.0. The molecule has 7 heteroatoms. The van der Waals surface area contributed by atoms with E-state index in [4.69, 9.17) is 0 Å². The summed E-state index contributed by atoms with van der Waals surface area (Å²) in [6.45, 7) is 1.42. The number of nitrogens with zero attached hydrogens (tertiary/aromatic N) is 2. The largest absolute Gasteiger partial charge is 0.336 e. The highest BCUT2D eigenvalue weighted by Gasteiger charge is 2.04. The van der Waals surface area contributed by atoms with Crippen LogP contribution in [-0.4, -0.2) is 22.4 Å². The van der Waals surface area contributed by atoms with Gasteiger partial charge in [-0.1, -0.05) is 12.1 Å². The number of nitrogens with one attached hydrogen (secondary N) is 2. The van der Waals surface area contributed by atoms with E-state index < -0.39 is 0 Å².